The SMILES string of the molecule is CCCCOCC/C=C(\C)C(N)=O. The van der Waals surface area contributed by atoms with Gasteiger partial charge in [-0.2, -0.15) is 0 Å². The van der Waals surface area contributed by atoms with Crippen molar-refractivity contribution in [3.63, 3.8) is 0 Å². The van der Waals surface area contributed by atoms with Crippen LogP contribution in [0, 0.1) is 0 Å². The molecule has 0 saturated carbocycles. The van der Waals surface area contributed by atoms with Gasteiger partial charge < -0.3 is 10.5 Å². The number of hydrogen-bond donors (Lipinski definition) is 1. The Bertz CT molecular complexity index is 176. The zero-order chi connectivity index (χ0) is 10.1. The van der Waals surface area contributed by atoms with E-state index in [4.69, 9.17) is 10.5 Å². The first-order valence-electron chi connectivity index (χ1n) is 4.72. The molecule has 0 heterocycles. The molecule has 0 atom stereocenters. The van der Waals surface area contributed by atoms with Crippen molar-refractivity contribution in [3.05, 3.63) is 11.6 Å². The summed E-state index contributed by atoms with van der Waals surface area (Å²) in [6.45, 7) is 5.32. The molecule has 2 N–H and O–H groups in total. The van der Waals surface area contributed by atoms with E-state index in [1.165, 1.54) is 0 Å². The quantitative estimate of drug-likeness (QED) is 0.484. The molecule has 3 nitrogen and oxygen atoms in total. The molecule has 0 aromatic carbocycles. The van der Waals surface area contributed by atoms with E-state index in [9.17, 15) is 4.79 Å². The molecule has 0 radical (unpaired) electrons. The molecule has 76 valence electrons. The molecule has 0 aliphatic rings. The summed E-state index contributed by atoms with van der Waals surface area (Å²) in [5.41, 5.74) is 5.66. The third-order valence-electron chi connectivity index (χ3n) is 1.74. The van der Waals surface area contributed by atoms with Crippen molar-refractivity contribution in [1.29, 1.82) is 0 Å². The molecule has 0 aromatic rings. The Labute approximate surface area is 79.9 Å². The Hall–Kier alpha value is -0.830. The van der Waals surface area contributed by atoms with Crippen LogP contribution in [0.1, 0.15) is 33.1 Å². The number of nitrogens with two attached hydrogens (primary N) is 1. The van der Waals surface area contributed by atoms with Crippen molar-refractivity contribution in [2.24, 2.45) is 5.73 Å². The van der Waals surface area contributed by atoms with Crippen LogP contribution in [0.3, 0.4) is 0 Å². The van der Waals surface area contributed by atoms with Crippen molar-refractivity contribution in [3.8, 4) is 0 Å². The molecule has 0 bridgehead atoms. The zero-order valence-corrected chi connectivity index (χ0v) is 8.51. The van der Waals surface area contributed by atoms with Gasteiger partial charge in [0.05, 0.1) is 6.61 Å². The highest BCUT2D eigenvalue weighted by molar-refractivity contribution is 5.91. The summed E-state index contributed by atoms with van der Waals surface area (Å²) < 4.78 is 5.31. The summed E-state index contributed by atoms with van der Waals surface area (Å²) in [5.74, 6) is -0.353. The minimum atomic E-state index is -0.353. The highest BCUT2D eigenvalue weighted by Crippen LogP contribution is 1.95. The summed E-state index contributed by atoms with van der Waals surface area (Å²) in [6, 6.07) is 0. The molecule has 13 heavy (non-hydrogen) atoms. The van der Waals surface area contributed by atoms with Gasteiger partial charge >= 0.3 is 0 Å². The van der Waals surface area contributed by atoms with Gasteiger partial charge in [-0.3, -0.25) is 4.79 Å². The van der Waals surface area contributed by atoms with E-state index in [1.54, 1.807) is 6.92 Å². The lowest BCUT2D eigenvalue weighted by atomic mass is 10.2. The van der Waals surface area contributed by atoms with E-state index in [0.717, 1.165) is 25.9 Å². The van der Waals surface area contributed by atoms with Gasteiger partial charge in [0, 0.05) is 12.2 Å². The Morgan fingerprint density at radius 3 is 2.69 bits per heavy atom. The number of hydrogen-bond acceptors (Lipinski definition) is 2. The minimum absolute atomic E-state index is 0.353. The van der Waals surface area contributed by atoms with Crippen LogP contribution < -0.4 is 5.73 Å². The summed E-state index contributed by atoms with van der Waals surface area (Å²) in [4.78, 5) is 10.6. The second-order valence-electron chi connectivity index (χ2n) is 3.01. The first-order valence-corrected chi connectivity index (χ1v) is 4.72. The second kappa shape index (κ2) is 7.80. The Balaban J connectivity index is 3.34. The van der Waals surface area contributed by atoms with Gasteiger partial charge in [-0.25, -0.2) is 0 Å². The van der Waals surface area contributed by atoms with Gasteiger partial charge in [-0.05, 0) is 19.8 Å². The number of carbonyl (C=O) groups excluding carboxylic acids is 1. The first-order chi connectivity index (χ1) is 6.18. The number of rotatable bonds is 7. The van der Waals surface area contributed by atoms with E-state index in [-0.39, 0.29) is 5.91 Å². The van der Waals surface area contributed by atoms with Gasteiger partial charge in [-0.15, -0.1) is 0 Å². The van der Waals surface area contributed by atoms with Crippen molar-refractivity contribution < 1.29 is 9.53 Å². The van der Waals surface area contributed by atoms with Crippen LogP contribution in [0.25, 0.3) is 0 Å². The molecule has 0 spiro atoms. The maximum Gasteiger partial charge on any atom is 0.244 e. The largest absolute Gasteiger partial charge is 0.381 e. The third-order valence-corrected chi connectivity index (χ3v) is 1.74. The summed E-state index contributed by atoms with van der Waals surface area (Å²) in [6.07, 6.45) is 4.82. The molecular weight excluding hydrogens is 166 g/mol. The number of carbonyl (C=O) groups is 1. The fraction of sp³-hybridized carbons (Fsp3) is 0.700. The highest BCUT2D eigenvalue weighted by Gasteiger charge is 1.94. The lowest BCUT2D eigenvalue weighted by molar-refractivity contribution is -0.114. The molecule has 3 heteroatoms. The normalized spacial score (nSPS) is 11.7. The Morgan fingerprint density at radius 1 is 1.46 bits per heavy atom. The highest BCUT2D eigenvalue weighted by atomic mass is 16.5. The average Bonchev–Trinajstić information content (AvgIpc) is 2.10. The molecular formula is C10H19NO2. The maximum absolute atomic E-state index is 10.6. The smallest absolute Gasteiger partial charge is 0.244 e. The summed E-state index contributed by atoms with van der Waals surface area (Å²) in [5, 5.41) is 0. The number of unbranched alkanes of at least 4 members (excludes halogenated alkanes) is 1. The van der Waals surface area contributed by atoms with E-state index in [1.807, 2.05) is 6.08 Å². The fourth-order valence-electron chi connectivity index (χ4n) is 0.808. The van der Waals surface area contributed by atoms with Gasteiger partial charge in [0.25, 0.3) is 0 Å². The van der Waals surface area contributed by atoms with Crippen LogP contribution in [0.5, 0.6) is 0 Å². The molecule has 0 aliphatic carbocycles. The standard InChI is InChI=1S/C10H19NO2/c1-3-4-7-13-8-5-6-9(2)10(11)12/h6H,3-5,7-8H2,1-2H3,(H2,11,12)/b9-6+. The van der Waals surface area contributed by atoms with E-state index >= 15 is 0 Å². The molecule has 0 fully saturated rings. The van der Waals surface area contributed by atoms with Crippen molar-refractivity contribution >= 4 is 5.91 Å². The van der Waals surface area contributed by atoms with E-state index in [0.29, 0.717) is 12.2 Å². The van der Waals surface area contributed by atoms with Crippen molar-refractivity contribution in [2.45, 2.75) is 33.1 Å². The van der Waals surface area contributed by atoms with E-state index < -0.39 is 0 Å². The monoisotopic (exact) mass is 185 g/mol. The van der Waals surface area contributed by atoms with Crippen LogP contribution in [-0.2, 0) is 9.53 Å². The summed E-state index contributed by atoms with van der Waals surface area (Å²) in [7, 11) is 0. The number of primary amides is 1. The van der Waals surface area contributed by atoms with Crippen molar-refractivity contribution in [1.82, 2.24) is 0 Å². The summed E-state index contributed by atoms with van der Waals surface area (Å²) >= 11 is 0. The third kappa shape index (κ3) is 7.53. The van der Waals surface area contributed by atoms with Crippen LogP contribution in [0.2, 0.25) is 0 Å². The molecule has 0 saturated heterocycles. The molecule has 0 aromatic heterocycles. The zero-order valence-electron chi connectivity index (χ0n) is 8.51. The van der Waals surface area contributed by atoms with Gasteiger partial charge in [0.1, 0.15) is 0 Å². The van der Waals surface area contributed by atoms with Gasteiger partial charge in [-0.1, -0.05) is 19.4 Å². The maximum atomic E-state index is 10.6. The number of amides is 1. The van der Waals surface area contributed by atoms with Crippen LogP contribution >= 0.6 is 0 Å². The second-order valence-corrected chi connectivity index (χ2v) is 3.01. The van der Waals surface area contributed by atoms with Gasteiger partial charge in [0.2, 0.25) is 5.91 Å². The Morgan fingerprint density at radius 2 is 2.15 bits per heavy atom. The first kappa shape index (κ1) is 12.2. The number of ether oxygens (including phenoxy) is 1. The Kier molecular flexibility index (Phi) is 7.30. The van der Waals surface area contributed by atoms with Crippen LogP contribution in [-0.4, -0.2) is 19.1 Å². The predicted molar refractivity (Wildman–Crippen MR) is 53.3 cm³/mol. The van der Waals surface area contributed by atoms with E-state index in [2.05, 4.69) is 6.92 Å². The van der Waals surface area contributed by atoms with Crippen LogP contribution in [0.15, 0.2) is 11.6 Å². The molecule has 0 aliphatic heterocycles. The topological polar surface area (TPSA) is 52.3 Å². The fourth-order valence-corrected chi connectivity index (χ4v) is 0.808. The lowest BCUT2D eigenvalue weighted by Gasteiger charge is -2.00. The van der Waals surface area contributed by atoms with Crippen LogP contribution in [0.4, 0.5) is 0 Å². The average molecular weight is 185 g/mol. The molecule has 0 rings (SSSR count). The molecule has 1 amide bonds. The minimum Gasteiger partial charge on any atom is -0.381 e. The molecule has 0 unspecified atom stereocenters. The lowest BCUT2D eigenvalue weighted by Crippen LogP contribution is -2.11. The van der Waals surface area contributed by atoms with Gasteiger partial charge in [0.15, 0.2) is 0 Å². The predicted octanol–water partition coefficient (Wildman–Crippen LogP) is 1.62. The van der Waals surface area contributed by atoms with Crippen molar-refractivity contribution in [2.75, 3.05) is 13.2 Å².